The van der Waals surface area contributed by atoms with Gasteiger partial charge in [-0.1, -0.05) is 6.92 Å². The SMILES string of the molecule is CCc1cc(N2CCCC(N(C)S(C)(=O)=O)C2)ncn1. The van der Waals surface area contributed by atoms with Crippen LogP contribution in [-0.4, -0.2) is 55.1 Å². The summed E-state index contributed by atoms with van der Waals surface area (Å²) >= 11 is 0. The van der Waals surface area contributed by atoms with Crippen LogP contribution in [-0.2, 0) is 16.4 Å². The summed E-state index contributed by atoms with van der Waals surface area (Å²) in [4.78, 5) is 10.7. The zero-order valence-corrected chi connectivity index (χ0v) is 13.1. The Hall–Kier alpha value is -1.21. The smallest absolute Gasteiger partial charge is 0.211 e. The number of aromatic nitrogens is 2. The molecule has 0 aliphatic carbocycles. The number of likely N-dealkylation sites (N-methyl/N-ethyl adjacent to an activating group) is 1. The van der Waals surface area contributed by atoms with Gasteiger partial charge in [-0.15, -0.1) is 0 Å². The number of nitrogens with zero attached hydrogens (tertiary/aromatic N) is 4. The molecule has 1 atom stereocenters. The monoisotopic (exact) mass is 298 g/mol. The summed E-state index contributed by atoms with van der Waals surface area (Å²) < 4.78 is 24.8. The van der Waals surface area contributed by atoms with E-state index in [-0.39, 0.29) is 6.04 Å². The second kappa shape index (κ2) is 6.05. The predicted octanol–water partition coefficient (Wildman–Crippen LogP) is 0.899. The first-order valence-electron chi connectivity index (χ1n) is 6.90. The van der Waals surface area contributed by atoms with Crippen LogP contribution >= 0.6 is 0 Å². The van der Waals surface area contributed by atoms with Gasteiger partial charge in [0.25, 0.3) is 0 Å². The average molecular weight is 298 g/mol. The number of hydrogen-bond donors (Lipinski definition) is 0. The van der Waals surface area contributed by atoms with E-state index in [1.54, 1.807) is 13.4 Å². The molecular weight excluding hydrogens is 276 g/mol. The fourth-order valence-electron chi connectivity index (χ4n) is 2.48. The molecule has 1 aromatic rings. The lowest BCUT2D eigenvalue weighted by Gasteiger charge is -2.37. The zero-order valence-electron chi connectivity index (χ0n) is 12.3. The molecule has 2 rings (SSSR count). The Kier molecular flexibility index (Phi) is 4.59. The van der Waals surface area contributed by atoms with E-state index in [1.165, 1.54) is 10.6 Å². The maximum Gasteiger partial charge on any atom is 0.211 e. The number of rotatable bonds is 4. The highest BCUT2D eigenvalue weighted by molar-refractivity contribution is 7.88. The molecule has 7 heteroatoms. The fraction of sp³-hybridized carbons (Fsp3) is 0.692. The van der Waals surface area contributed by atoms with Crippen LogP contribution in [0.25, 0.3) is 0 Å². The minimum absolute atomic E-state index is 0.0128. The molecule has 112 valence electrons. The Morgan fingerprint density at radius 2 is 2.20 bits per heavy atom. The number of aryl methyl sites for hydroxylation is 1. The maximum absolute atomic E-state index is 11.7. The van der Waals surface area contributed by atoms with Crippen molar-refractivity contribution in [3.8, 4) is 0 Å². The summed E-state index contributed by atoms with van der Waals surface area (Å²) in [6.07, 6.45) is 5.57. The van der Waals surface area contributed by atoms with Gasteiger partial charge >= 0.3 is 0 Å². The third kappa shape index (κ3) is 3.46. The molecule has 1 saturated heterocycles. The molecule has 1 aromatic heterocycles. The van der Waals surface area contributed by atoms with Crippen molar-refractivity contribution in [2.24, 2.45) is 0 Å². The van der Waals surface area contributed by atoms with Crippen molar-refractivity contribution in [3.63, 3.8) is 0 Å². The molecule has 1 aliphatic rings. The average Bonchev–Trinajstić information content (AvgIpc) is 2.45. The Morgan fingerprint density at radius 1 is 1.45 bits per heavy atom. The fourth-order valence-corrected chi connectivity index (χ4v) is 3.20. The first-order chi connectivity index (χ1) is 9.41. The van der Waals surface area contributed by atoms with E-state index >= 15 is 0 Å². The Bertz CT molecular complexity index is 561. The van der Waals surface area contributed by atoms with Gasteiger partial charge in [0.1, 0.15) is 12.1 Å². The summed E-state index contributed by atoms with van der Waals surface area (Å²) in [5, 5.41) is 0. The van der Waals surface area contributed by atoms with E-state index in [0.29, 0.717) is 6.54 Å². The van der Waals surface area contributed by atoms with Gasteiger partial charge in [-0.05, 0) is 19.3 Å². The minimum Gasteiger partial charge on any atom is -0.355 e. The highest BCUT2D eigenvalue weighted by Crippen LogP contribution is 2.21. The quantitative estimate of drug-likeness (QED) is 0.826. The van der Waals surface area contributed by atoms with Crippen molar-refractivity contribution < 1.29 is 8.42 Å². The number of piperidine rings is 1. The molecule has 20 heavy (non-hydrogen) atoms. The van der Waals surface area contributed by atoms with Gasteiger partial charge in [0.05, 0.1) is 6.26 Å². The van der Waals surface area contributed by atoms with Crippen LogP contribution in [0.15, 0.2) is 12.4 Å². The third-order valence-corrected chi connectivity index (χ3v) is 5.17. The number of hydrogen-bond acceptors (Lipinski definition) is 5. The van der Waals surface area contributed by atoms with E-state index in [1.807, 2.05) is 6.07 Å². The molecule has 0 spiro atoms. The van der Waals surface area contributed by atoms with Crippen LogP contribution in [0.4, 0.5) is 5.82 Å². The lowest BCUT2D eigenvalue weighted by molar-refractivity contribution is 0.321. The summed E-state index contributed by atoms with van der Waals surface area (Å²) in [6.45, 7) is 3.65. The van der Waals surface area contributed by atoms with Crippen LogP contribution in [0.5, 0.6) is 0 Å². The number of anilines is 1. The van der Waals surface area contributed by atoms with E-state index in [9.17, 15) is 8.42 Å². The van der Waals surface area contributed by atoms with Crippen molar-refractivity contribution in [2.45, 2.75) is 32.2 Å². The zero-order chi connectivity index (χ0) is 14.8. The second-order valence-corrected chi connectivity index (χ2v) is 7.28. The van der Waals surface area contributed by atoms with Gasteiger partial charge in [0, 0.05) is 37.9 Å². The molecule has 6 nitrogen and oxygen atoms in total. The third-order valence-electron chi connectivity index (χ3n) is 3.83. The van der Waals surface area contributed by atoms with Gasteiger partial charge in [0.2, 0.25) is 10.0 Å². The second-order valence-electron chi connectivity index (χ2n) is 5.24. The Balaban J connectivity index is 2.14. The maximum atomic E-state index is 11.7. The molecule has 1 unspecified atom stereocenters. The number of sulfonamides is 1. The summed E-state index contributed by atoms with van der Waals surface area (Å²) in [7, 11) is -1.49. The van der Waals surface area contributed by atoms with Crippen molar-refractivity contribution in [1.29, 1.82) is 0 Å². The van der Waals surface area contributed by atoms with Gasteiger partial charge < -0.3 is 4.90 Å². The standard InChI is InChI=1S/C13H22N4O2S/c1-4-11-8-13(15-10-14-11)17-7-5-6-12(9-17)16(2)20(3,18)19/h8,10,12H,4-7,9H2,1-3H3. The van der Waals surface area contributed by atoms with Crippen LogP contribution in [0.3, 0.4) is 0 Å². The molecule has 0 N–H and O–H groups in total. The van der Waals surface area contributed by atoms with Crippen LogP contribution < -0.4 is 4.90 Å². The summed E-state index contributed by atoms with van der Waals surface area (Å²) in [5.74, 6) is 0.892. The Morgan fingerprint density at radius 3 is 2.85 bits per heavy atom. The molecule has 0 aromatic carbocycles. The van der Waals surface area contributed by atoms with Crippen LogP contribution in [0.1, 0.15) is 25.5 Å². The first kappa shape index (κ1) is 15.2. The molecule has 0 radical (unpaired) electrons. The van der Waals surface area contributed by atoms with Gasteiger partial charge in [-0.3, -0.25) is 0 Å². The molecule has 0 saturated carbocycles. The van der Waals surface area contributed by atoms with Crippen molar-refractivity contribution in [2.75, 3.05) is 31.3 Å². The van der Waals surface area contributed by atoms with E-state index < -0.39 is 10.0 Å². The lowest BCUT2D eigenvalue weighted by Crippen LogP contribution is -2.48. The van der Waals surface area contributed by atoms with Crippen LogP contribution in [0, 0.1) is 0 Å². The minimum atomic E-state index is -3.15. The molecular formula is C13H22N4O2S. The molecule has 2 heterocycles. The van der Waals surface area contributed by atoms with Crippen molar-refractivity contribution in [1.82, 2.24) is 14.3 Å². The van der Waals surface area contributed by atoms with Gasteiger partial charge in [0.15, 0.2) is 0 Å². The predicted molar refractivity (Wildman–Crippen MR) is 79.3 cm³/mol. The summed E-state index contributed by atoms with van der Waals surface area (Å²) in [5.41, 5.74) is 1.01. The van der Waals surface area contributed by atoms with E-state index in [4.69, 9.17) is 0 Å². The topological polar surface area (TPSA) is 66.4 Å². The normalized spacial score (nSPS) is 20.4. The molecule has 0 amide bonds. The van der Waals surface area contributed by atoms with Crippen molar-refractivity contribution in [3.05, 3.63) is 18.1 Å². The summed E-state index contributed by atoms with van der Waals surface area (Å²) in [6, 6.07) is 2.00. The molecule has 1 aliphatic heterocycles. The molecule has 1 fully saturated rings. The van der Waals surface area contributed by atoms with Gasteiger partial charge in [-0.2, -0.15) is 0 Å². The van der Waals surface area contributed by atoms with Crippen LogP contribution in [0.2, 0.25) is 0 Å². The highest BCUT2D eigenvalue weighted by Gasteiger charge is 2.28. The van der Waals surface area contributed by atoms with E-state index in [0.717, 1.165) is 37.3 Å². The molecule has 0 bridgehead atoms. The van der Waals surface area contributed by atoms with Gasteiger partial charge in [-0.25, -0.2) is 22.7 Å². The first-order valence-corrected chi connectivity index (χ1v) is 8.75. The lowest BCUT2D eigenvalue weighted by atomic mass is 10.1. The Labute approximate surface area is 120 Å². The highest BCUT2D eigenvalue weighted by atomic mass is 32.2. The van der Waals surface area contributed by atoms with E-state index in [2.05, 4.69) is 21.8 Å². The largest absolute Gasteiger partial charge is 0.355 e. The van der Waals surface area contributed by atoms with Crippen molar-refractivity contribution >= 4 is 15.8 Å².